The van der Waals surface area contributed by atoms with E-state index in [9.17, 15) is 9.59 Å². The quantitative estimate of drug-likeness (QED) is 0.334. The number of benzene rings is 3. The highest BCUT2D eigenvalue weighted by Gasteiger charge is 2.12. The van der Waals surface area contributed by atoms with Crippen LogP contribution in [0.1, 0.15) is 20.7 Å². The third-order valence-corrected chi connectivity index (χ3v) is 6.00. The Morgan fingerprint density at radius 2 is 1.30 bits per heavy atom. The molecule has 0 atom stereocenters. The molecule has 3 rings (SSSR count). The molecule has 2 N–H and O–H groups in total. The van der Waals surface area contributed by atoms with E-state index in [0.717, 1.165) is 11.6 Å². The molecule has 4 nitrogen and oxygen atoms in total. The Morgan fingerprint density at radius 1 is 0.741 bits per heavy atom. The predicted molar refractivity (Wildman–Crippen MR) is 128 cm³/mol. The van der Waals surface area contributed by atoms with Crippen LogP contribution in [0, 0.1) is 7.14 Å². The van der Waals surface area contributed by atoms with Crippen LogP contribution in [0.5, 0.6) is 0 Å². The zero-order valence-corrected chi connectivity index (χ0v) is 19.7. The van der Waals surface area contributed by atoms with Gasteiger partial charge in [-0.1, -0.05) is 12.1 Å². The van der Waals surface area contributed by atoms with Gasteiger partial charge in [0.2, 0.25) is 0 Å². The summed E-state index contributed by atoms with van der Waals surface area (Å²) in [6.45, 7) is 0. The van der Waals surface area contributed by atoms with E-state index in [4.69, 9.17) is 0 Å². The first-order valence-corrected chi connectivity index (χ1v) is 10.8. The molecule has 0 aliphatic heterocycles. The molecule has 0 unspecified atom stereocenters. The Hall–Kier alpha value is -1.46. The first kappa shape index (κ1) is 20.3. The molecule has 0 saturated heterocycles. The van der Waals surface area contributed by atoms with Crippen LogP contribution in [-0.2, 0) is 0 Å². The molecule has 0 saturated carbocycles. The summed E-state index contributed by atoms with van der Waals surface area (Å²) in [5, 5.41) is 5.72. The van der Waals surface area contributed by atoms with Gasteiger partial charge in [-0.3, -0.25) is 9.59 Å². The average molecular weight is 647 g/mol. The normalized spacial score (nSPS) is 10.3. The summed E-state index contributed by atoms with van der Waals surface area (Å²) in [7, 11) is 0. The lowest BCUT2D eigenvalue weighted by atomic mass is 10.2. The van der Waals surface area contributed by atoms with Crippen LogP contribution in [0.4, 0.5) is 11.4 Å². The van der Waals surface area contributed by atoms with Crippen molar-refractivity contribution in [2.45, 2.75) is 0 Å². The Morgan fingerprint density at radius 3 is 1.89 bits per heavy atom. The Bertz CT molecular complexity index is 1010. The highest BCUT2D eigenvalue weighted by Crippen LogP contribution is 2.21. The van der Waals surface area contributed by atoms with Gasteiger partial charge in [0.15, 0.2) is 0 Å². The van der Waals surface area contributed by atoms with Gasteiger partial charge in [-0.05, 0) is 116 Å². The molecule has 0 bridgehead atoms. The van der Waals surface area contributed by atoms with E-state index < -0.39 is 0 Å². The smallest absolute Gasteiger partial charge is 0.256 e. The fraction of sp³-hybridized carbons (Fsp3) is 0. The molecule has 0 aromatic heterocycles. The average Bonchev–Trinajstić information content (AvgIpc) is 2.65. The Labute approximate surface area is 192 Å². The minimum Gasteiger partial charge on any atom is -0.322 e. The van der Waals surface area contributed by atoms with E-state index in [0.29, 0.717) is 22.5 Å². The van der Waals surface area contributed by atoms with Crippen LogP contribution in [0.15, 0.2) is 71.2 Å². The van der Waals surface area contributed by atoms with Crippen molar-refractivity contribution >= 4 is 84.3 Å². The molecule has 136 valence electrons. The zero-order valence-electron chi connectivity index (χ0n) is 13.8. The number of amides is 2. The standard InChI is InChI=1S/C20H13BrI2N2O2/c21-17-4-2-1-3-15(17)19(26)24-13-6-8-14(9-7-13)25-20(27)16-11-12(22)5-10-18(16)23/h1-11H,(H,24,26)(H,25,27). The highest BCUT2D eigenvalue weighted by atomic mass is 127. The molecule has 7 heteroatoms. The van der Waals surface area contributed by atoms with Crippen molar-refractivity contribution < 1.29 is 9.59 Å². The van der Waals surface area contributed by atoms with Crippen LogP contribution < -0.4 is 10.6 Å². The van der Waals surface area contributed by atoms with Gasteiger partial charge in [0.25, 0.3) is 11.8 Å². The van der Waals surface area contributed by atoms with E-state index in [1.54, 1.807) is 30.3 Å². The molecule has 0 radical (unpaired) electrons. The van der Waals surface area contributed by atoms with E-state index in [2.05, 4.69) is 71.7 Å². The van der Waals surface area contributed by atoms with Crippen LogP contribution in [-0.4, -0.2) is 11.8 Å². The third kappa shape index (κ3) is 5.29. The lowest BCUT2D eigenvalue weighted by molar-refractivity contribution is 0.101. The minimum atomic E-state index is -0.201. The third-order valence-electron chi connectivity index (χ3n) is 3.69. The van der Waals surface area contributed by atoms with Gasteiger partial charge < -0.3 is 10.6 Å². The van der Waals surface area contributed by atoms with E-state index in [1.807, 2.05) is 36.4 Å². The summed E-state index contributed by atoms with van der Waals surface area (Å²) in [4.78, 5) is 24.8. The first-order valence-electron chi connectivity index (χ1n) is 7.86. The van der Waals surface area contributed by atoms with Gasteiger partial charge >= 0.3 is 0 Å². The molecule has 3 aromatic carbocycles. The Kier molecular flexibility index (Phi) is 6.88. The van der Waals surface area contributed by atoms with Gasteiger partial charge in [0.05, 0.1) is 11.1 Å². The predicted octanol–water partition coefficient (Wildman–Crippen LogP) is 6.16. The van der Waals surface area contributed by atoms with E-state index in [-0.39, 0.29) is 11.8 Å². The minimum absolute atomic E-state index is 0.164. The summed E-state index contributed by atoms with van der Waals surface area (Å²) < 4.78 is 2.63. The monoisotopic (exact) mass is 646 g/mol. The lowest BCUT2D eigenvalue weighted by Gasteiger charge is -2.10. The summed E-state index contributed by atoms with van der Waals surface area (Å²) in [5.41, 5.74) is 2.50. The summed E-state index contributed by atoms with van der Waals surface area (Å²) in [6, 6.07) is 20.0. The Balaban J connectivity index is 1.68. The fourth-order valence-electron chi connectivity index (χ4n) is 2.35. The lowest BCUT2D eigenvalue weighted by Crippen LogP contribution is -2.14. The first-order chi connectivity index (χ1) is 12.9. The topological polar surface area (TPSA) is 58.2 Å². The summed E-state index contributed by atoms with van der Waals surface area (Å²) in [6.07, 6.45) is 0. The van der Waals surface area contributed by atoms with Crippen molar-refractivity contribution in [1.29, 1.82) is 0 Å². The number of hydrogen-bond donors (Lipinski definition) is 2. The van der Waals surface area contributed by atoms with E-state index >= 15 is 0 Å². The van der Waals surface area contributed by atoms with Crippen LogP contribution >= 0.6 is 61.1 Å². The van der Waals surface area contributed by atoms with Gasteiger partial charge in [0.1, 0.15) is 0 Å². The number of carbonyl (C=O) groups excluding carboxylic acids is 2. The van der Waals surface area contributed by atoms with Crippen LogP contribution in [0.3, 0.4) is 0 Å². The molecule has 0 aliphatic carbocycles. The van der Waals surface area contributed by atoms with Crippen molar-refractivity contribution in [3.05, 3.63) is 89.5 Å². The van der Waals surface area contributed by atoms with Gasteiger partial charge in [-0.25, -0.2) is 0 Å². The molecule has 0 spiro atoms. The van der Waals surface area contributed by atoms with Crippen molar-refractivity contribution in [2.24, 2.45) is 0 Å². The molecule has 3 aromatic rings. The van der Waals surface area contributed by atoms with Gasteiger partial charge in [0, 0.05) is 23.0 Å². The van der Waals surface area contributed by atoms with Crippen molar-refractivity contribution in [3.63, 3.8) is 0 Å². The SMILES string of the molecule is O=C(Nc1ccc(NC(=O)c2cc(I)ccc2I)cc1)c1ccccc1Br. The second-order valence-electron chi connectivity index (χ2n) is 5.59. The molecule has 0 aliphatic rings. The summed E-state index contributed by atoms with van der Waals surface area (Å²) in [5.74, 6) is -0.365. The number of carbonyl (C=O) groups is 2. The molecular formula is C20H13BrI2N2O2. The number of nitrogens with one attached hydrogen (secondary N) is 2. The molecule has 27 heavy (non-hydrogen) atoms. The van der Waals surface area contributed by atoms with Gasteiger partial charge in [-0.15, -0.1) is 0 Å². The number of anilines is 2. The van der Waals surface area contributed by atoms with Gasteiger partial charge in [-0.2, -0.15) is 0 Å². The number of rotatable bonds is 4. The zero-order chi connectivity index (χ0) is 19.4. The van der Waals surface area contributed by atoms with Crippen molar-refractivity contribution in [1.82, 2.24) is 0 Å². The van der Waals surface area contributed by atoms with Crippen molar-refractivity contribution in [3.8, 4) is 0 Å². The van der Waals surface area contributed by atoms with Crippen LogP contribution in [0.2, 0.25) is 0 Å². The van der Waals surface area contributed by atoms with Crippen molar-refractivity contribution in [2.75, 3.05) is 10.6 Å². The second kappa shape index (κ2) is 9.16. The summed E-state index contributed by atoms with van der Waals surface area (Å²) >= 11 is 7.70. The molecule has 0 heterocycles. The number of hydrogen-bond acceptors (Lipinski definition) is 2. The highest BCUT2D eigenvalue weighted by molar-refractivity contribution is 14.1. The van der Waals surface area contributed by atoms with Crippen LogP contribution in [0.25, 0.3) is 0 Å². The molecule has 2 amide bonds. The largest absolute Gasteiger partial charge is 0.322 e. The number of halogens is 3. The van der Waals surface area contributed by atoms with E-state index in [1.165, 1.54) is 0 Å². The second-order valence-corrected chi connectivity index (χ2v) is 8.85. The molecular weight excluding hydrogens is 634 g/mol. The maximum absolute atomic E-state index is 12.5. The fourth-order valence-corrected chi connectivity index (χ4v) is 3.89. The molecule has 0 fully saturated rings. The maximum atomic E-state index is 12.5. The maximum Gasteiger partial charge on any atom is 0.256 e.